The van der Waals surface area contributed by atoms with Crippen molar-refractivity contribution in [1.82, 2.24) is 4.90 Å². The molecule has 0 aromatic heterocycles. The molecule has 0 saturated carbocycles. The number of hydrogen-bond donors (Lipinski definition) is 1. The van der Waals surface area contributed by atoms with Crippen LogP contribution in [0.1, 0.15) is 13.8 Å². The number of carbonyl (C=O) groups excluding carboxylic acids is 2. The number of ether oxygens (including phenoxy) is 2. The molecule has 6 nitrogen and oxygen atoms in total. The van der Waals surface area contributed by atoms with Gasteiger partial charge in [0.05, 0.1) is 25.9 Å². The largest absolute Gasteiger partial charge is 0.464 e. The highest BCUT2D eigenvalue weighted by atomic mass is 16.5. The quantitative estimate of drug-likeness (QED) is 0.503. The van der Waals surface area contributed by atoms with E-state index in [1.807, 2.05) is 6.92 Å². The van der Waals surface area contributed by atoms with Crippen LogP contribution >= 0.6 is 0 Å². The van der Waals surface area contributed by atoms with E-state index in [0.29, 0.717) is 19.8 Å². The van der Waals surface area contributed by atoms with Crippen molar-refractivity contribution in [2.24, 2.45) is 5.73 Å². The van der Waals surface area contributed by atoms with Crippen molar-refractivity contribution in [2.45, 2.75) is 25.9 Å². The van der Waals surface area contributed by atoms with Gasteiger partial charge in [0.2, 0.25) is 0 Å². The molecule has 0 radical (unpaired) electrons. The van der Waals surface area contributed by atoms with Crippen LogP contribution in [0.2, 0.25) is 0 Å². The number of amides is 1. The lowest BCUT2D eigenvalue weighted by Crippen LogP contribution is -2.55. The summed E-state index contributed by atoms with van der Waals surface area (Å²) in [6, 6.07) is -1.28. The number of morpholine rings is 1. The average molecular weight is 230 g/mol. The van der Waals surface area contributed by atoms with Gasteiger partial charge in [0, 0.05) is 6.54 Å². The number of rotatable bonds is 3. The van der Waals surface area contributed by atoms with Crippen molar-refractivity contribution in [3.05, 3.63) is 0 Å². The molecule has 1 rings (SSSR count). The molecule has 0 aromatic carbocycles. The lowest BCUT2D eigenvalue weighted by molar-refractivity contribution is -0.154. The molecule has 2 N–H and O–H groups in total. The molecule has 0 aromatic rings. The number of carbonyl (C=O) groups is 2. The molecular formula is C10H18N2O4. The summed E-state index contributed by atoms with van der Waals surface area (Å²) in [5, 5.41) is 0. The maximum Gasteiger partial charge on any atom is 0.332 e. The van der Waals surface area contributed by atoms with Gasteiger partial charge < -0.3 is 20.1 Å². The van der Waals surface area contributed by atoms with Gasteiger partial charge in [0.15, 0.2) is 6.04 Å². The third kappa shape index (κ3) is 2.93. The zero-order chi connectivity index (χ0) is 12.1. The fraction of sp³-hybridized carbons (Fsp3) is 0.800. The predicted molar refractivity (Wildman–Crippen MR) is 56.6 cm³/mol. The van der Waals surface area contributed by atoms with Gasteiger partial charge >= 0.3 is 5.97 Å². The van der Waals surface area contributed by atoms with E-state index < -0.39 is 17.9 Å². The Balaban J connectivity index is 2.58. The molecule has 1 aliphatic heterocycles. The van der Waals surface area contributed by atoms with Gasteiger partial charge in [-0.2, -0.15) is 0 Å². The van der Waals surface area contributed by atoms with E-state index >= 15 is 0 Å². The van der Waals surface area contributed by atoms with Crippen LogP contribution in [-0.4, -0.2) is 55.2 Å². The standard InChI is InChI=1S/C10H18N2O4/c1-3-16-10(14)8(11)9(13)12-4-5-15-6-7(12)2/h7-8H,3-6,11H2,1-2H3/t7-,8?/m1/s1. The molecule has 2 atom stereocenters. The first-order chi connectivity index (χ1) is 7.57. The summed E-state index contributed by atoms with van der Waals surface area (Å²) in [5.41, 5.74) is 5.53. The van der Waals surface area contributed by atoms with E-state index in [0.717, 1.165) is 0 Å². The summed E-state index contributed by atoms with van der Waals surface area (Å²) in [5.74, 6) is -1.07. The van der Waals surface area contributed by atoms with Gasteiger partial charge in [-0.1, -0.05) is 0 Å². The van der Waals surface area contributed by atoms with Crippen molar-refractivity contribution in [1.29, 1.82) is 0 Å². The molecule has 0 spiro atoms. The third-order valence-corrected chi connectivity index (χ3v) is 2.46. The van der Waals surface area contributed by atoms with Crippen LogP contribution in [0.25, 0.3) is 0 Å². The predicted octanol–water partition coefficient (Wildman–Crippen LogP) is -0.876. The zero-order valence-corrected chi connectivity index (χ0v) is 9.64. The highest BCUT2D eigenvalue weighted by Gasteiger charge is 2.32. The fourth-order valence-electron chi connectivity index (χ4n) is 1.57. The van der Waals surface area contributed by atoms with Crippen LogP contribution in [0.3, 0.4) is 0 Å². The SMILES string of the molecule is CCOC(=O)C(N)C(=O)N1CCOC[C@H]1C. The Bertz CT molecular complexity index is 270. The van der Waals surface area contributed by atoms with Crippen molar-refractivity contribution in [2.75, 3.05) is 26.4 Å². The van der Waals surface area contributed by atoms with Crippen molar-refractivity contribution in [3.8, 4) is 0 Å². The van der Waals surface area contributed by atoms with Gasteiger partial charge in [-0.3, -0.25) is 4.79 Å². The number of nitrogens with zero attached hydrogens (tertiary/aromatic N) is 1. The fourth-order valence-corrected chi connectivity index (χ4v) is 1.57. The van der Waals surface area contributed by atoms with E-state index in [-0.39, 0.29) is 12.6 Å². The minimum Gasteiger partial charge on any atom is -0.464 e. The molecule has 1 aliphatic rings. The summed E-state index contributed by atoms with van der Waals surface area (Å²) in [4.78, 5) is 24.7. The summed E-state index contributed by atoms with van der Waals surface area (Å²) >= 11 is 0. The van der Waals surface area contributed by atoms with E-state index in [2.05, 4.69) is 0 Å². The van der Waals surface area contributed by atoms with Gasteiger partial charge in [0.1, 0.15) is 0 Å². The summed E-state index contributed by atoms with van der Waals surface area (Å²) in [6.07, 6.45) is 0. The second kappa shape index (κ2) is 5.81. The third-order valence-electron chi connectivity index (χ3n) is 2.46. The second-order valence-electron chi connectivity index (χ2n) is 3.69. The molecule has 1 heterocycles. The lowest BCUT2D eigenvalue weighted by Gasteiger charge is -2.34. The van der Waals surface area contributed by atoms with Crippen molar-refractivity contribution < 1.29 is 19.1 Å². The molecule has 0 bridgehead atoms. The normalized spacial score (nSPS) is 22.7. The first-order valence-electron chi connectivity index (χ1n) is 5.38. The van der Waals surface area contributed by atoms with Crippen LogP contribution in [0, 0.1) is 0 Å². The molecule has 1 amide bonds. The first kappa shape index (κ1) is 12.9. The van der Waals surface area contributed by atoms with Crippen LogP contribution in [0.15, 0.2) is 0 Å². The summed E-state index contributed by atoms with van der Waals surface area (Å²) in [7, 11) is 0. The molecule has 1 saturated heterocycles. The highest BCUT2D eigenvalue weighted by Crippen LogP contribution is 2.08. The van der Waals surface area contributed by atoms with Gasteiger partial charge in [-0.25, -0.2) is 4.79 Å². The van der Waals surface area contributed by atoms with Crippen molar-refractivity contribution >= 4 is 11.9 Å². The molecule has 0 aliphatic carbocycles. The molecule has 1 fully saturated rings. The maximum absolute atomic E-state index is 11.9. The van der Waals surface area contributed by atoms with E-state index in [1.165, 1.54) is 0 Å². The molecule has 6 heteroatoms. The van der Waals surface area contributed by atoms with Gasteiger partial charge in [-0.15, -0.1) is 0 Å². The minimum atomic E-state index is -1.22. The Labute approximate surface area is 94.7 Å². The van der Waals surface area contributed by atoms with Crippen LogP contribution in [0.5, 0.6) is 0 Å². The topological polar surface area (TPSA) is 81.9 Å². The van der Waals surface area contributed by atoms with Gasteiger partial charge in [0.25, 0.3) is 5.91 Å². The first-order valence-corrected chi connectivity index (χ1v) is 5.38. The summed E-state index contributed by atoms with van der Waals surface area (Å²) < 4.78 is 9.91. The maximum atomic E-state index is 11.9. The minimum absolute atomic E-state index is 0.0540. The molecule has 92 valence electrons. The second-order valence-corrected chi connectivity index (χ2v) is 3.69. The molecule has 16 heavy (non-hydrogen) atoms. The Hall–Kier alpha value is -1.14. The molecule has 1 unspecified atom stereocenters. The van der Waals surface area contributed by atoms with Gasteiger partial charge in [-0.05, 0) is 13.8 Å². The number of hydrogen-bond acceptors (Lipinski definition) is 5. The lowest BCUT2D eigenvalue weighted by atomic mass is 10.2. The van der Waals surface area contributed by atoms with Crippen molar-refractivity contribution in [3.63, 3.8) is 0 Å². The Morgan fingerprint density at radius 3 is 2.88 bits per heavy atom. The van der Waals surface area contributed by atoms with Crippen LogP contribution in [-0.2, 0) is 19.1 Å². The van der Waals surface area contributed by atoms with Crippen LogP contribution < -0.4 is 5.73 Å². The average Bonchev–Trinajstić information content (AvgIpc) is 2.28. The highest BCUT2D eigenvalue weighted by molar-refractivity contribution is 6.01. The number of nitrogens with two attached hydrogens (primary N) is 1. The Kier molecular flexibility index (Phi) is 4.70. The summed E-state index contributed by atoms with van der Waals surface area (Å²) in [6.45, 7) is 5.17. The van der Waals surface area contributed by atoms with E-state index in [4.69, 9.17) is 15.2 Å². The Morgan fingerprint density at radius 1 is 1.62 bits per heavy atom. The smallest absolute Gasteiger partial charge is 0.332 e. The molecular weight excluding hydrogens is 212 g/mol. The van der Waals surface area contributed by atoms with E-state index in [9.17, 15) is 9.59 Å². The van der Waals surface area contributed by atoms with E-state index in [1.54, 1.807) is 11.8 Å². The number of esters is 1. The monoisotopic (exact) mass is 230 g/mol. The Morgan fingerprint density at radius 2 is 2.31 bits per heavy atom. The van der Waals surface area contributed by atoms with Crippen LogP contribution in [0.4, 0.5) is 0 Å². The zero-order valence-electron chi connectivity index (χ0n) is 9.64.